The lowest BCUT2D eigenvalue weighted by Crippen LogP contribution is -2.40. The maximum absolute atomic E-state index is 12.2. The van der Waals surface area contributed by atoms with Crippen molar-refractivity contribution in [3.63, 3.8) is 0 Å². The Bertz CT molecular complexity index is 542. The topological polar surface area (TPSA) is 90.0 Å². The number of nitrogens with zero attached hydrogens (tertiary/aromatic N) is 2. The van der Waals surface area contributed by atoms with Crippen molar-refractivity contribution in [2.45, 2.75) is 49.8 Å². The maximum atomic E-state index is 12.2. The van der Waals surface area contributed by atoms with Crippen LogP contribution in [0.5, 0.6) is 0 Å². The largest absolute Gasteiger partial charge is 0.408 e. The summed E-state index contributed by atoms with van der Waals surface area (Å²) in [5, 5.41) is 3.41. The van der Waals surface area contributed by atoms with Crippen LogP contribution in [0.3, 0.4) is 0 Å². The minimum atomic E-state index is -4.46. The summed E-state index contributed by atoms with van der Waals surface area (Å²) in [5.41, 5.74) is 5.49. The summed E-state index contributed by atoms with van der Waals surface area (Å²) in [5.74, 6) is 0. The summed E-state index contributed by atoms with van der Waals surface area (Å²) in [4.78, 5) is -0.304. The molecule has 3 N–H and O–H groups in total. The van der Waals surface area contributed by atoms with Gasteiger partial charge >= 0.3 is 6.18 Å². The number of sulfonamides is 1. The average Bonchev–Trinajstić information content (AvgIpc) is 2.81. The van der Waals surface area contributed by atoms with E-state index in [1.807, 2.05) is 6.92 Å². The predicted octanol–water partition coefficient (Wildman–Crippen LogP) is 1.24. The molecule has 0 saturated carbocycles. The molecular weight excluding hydrogens is 309 g/mol. The molecule has 0 fully saturated rings. The lowest BCUT2D eigenvalue weighted by molar-refractivity contribution is -0.142. The summed E-state index contributed by atoms with van der Waals surface area (Å²) >= 11 is 0. The van der Waals surface area contributed by atoms with Gasteiger partial charge in [-0.3, -0.25) is 4.68 Å². The highest BCUT2D eigenvalue weighted by molar-refractivity contribution is 7.89. The molecule has 21 heavy (non-hydrogen) atoms. The minimum Gasteiger partial charge on any atom is -0.329 e. The van der Waals surface area contributed by atoms with Gasteiger partial charge < -0.3 is 5.73 Å². The van der Waals surface area contributed by atoms with Gasteiger partial charge in [-0.2, -0.15) is 18.3 Å². The minimum absolute atomic E-state index is 0.121. The third kappa shape index (κ3) is 6.02. The van der Waals surface area contributed by atoms with E-state index in [9.17, 15) is 21.6 Å². The zero-order valence-corrected chi connectivity index (χ0v) is 12.4. The summed E-state index contributed by atoms with van der Waals surface area (Å²) in [6.07, 6.45) is -0.450. The zero-order chi connectivity index (χ0) is 16.1. The highest BCUT2D eigenvalue weighted by Crippen LogP contribution is 2.18. The monoisotopic (exact) mass is 328 g/mol. The molecule has 1 aromatic heterocycles. The first-order valence-electron chi connectivity index (χ1n) is 6.49. The van der Waals surface area contributed by atoms with Gasteiger partial charge in [0.1, 0.15) is 11.4 Å². The van der Waals surface area contributed by atoms with Crippen LogP contribution in [0, 0.1) is 0 Å². The van der Waals surface area contributed by atoms with Gasteiger partial charge in [-0.25, -0.2) is 13.1 Å². The normalized spacial score (nSPS) is 14.3. The molecule has 0 saturated heterocycles. The smallest absolute Gasteiger partial charge is 0.329 e. The molecule has 0 spiro atoms. The Kier molecular flexibility index (Phi) is 6.17. The third-order valence-corrected chi connectivity index (χ3v) is 4.25. The Morgan fingerprint density at radius 2 is 2.14 bits per heavy atom. The number of unbranched alkanes of at least 4 members (excludes halogenated alkanes) is 1. The number of alkyl halides is 3. The molecule has 0 aliphatic rings. The first-order valence-corrected chi connectivity index (χ1v) is 7.98. The summed E-state index contributed by atoms with van der Waals surface area (Å²) in [6.45, 7) is 0.748. The van der Waals surface area contributed by atoms with Gasteiger partial charge in [-0.1, -0.05) is 19.8 Å². The van der Waals surface area contributed by atoms with E-state index < -0.39 is 28.8 Å². The first-order chi connectivity index (χ1) is 9.68. The van der Waals surface area contributed by atoms with E-state index in [1.54, 1.807) is 0 Å². The summed E-state index contributed by atoms with van der Waals surface area (Å²) < 4.78 is 63.6. The SMILES string of the molecule is CCCCC(CN)NS(=O)(=O)c1cnn(CC(F)(F)F)c1. The number of nitrogens with one attached hydrogen (secondary N) is 1. The number of rotatable bonds is 8. The second-order valence-corrected chi connectivity index (χ2v) is 6.40. The van der Waals surface area contributed by atoms with Crippen LogP contribution in [-0.4, -0.2) is 37.0 Å². The van der Waals surface area contributed by atoms with Crippen LogP contribution in [0.15, 0.2) is 17.3 Å². The molecular formula is C11H19F3N4O2S. The van der Waals surface area contributed by atoms with Crippen molar-refractivity contribution in [2.24, 2.45) is 5.73 Å². The van der Waals surface area contributed by atoms with E-state index >= 15 is 0 Å². The Labute approximate surface area is 121 Å². The molecule has 0 amide bonds. The van der Waals surface area contributed by atoms with Crippen LogP contribution in [0.1, 0.15) is 26.2 Å². The first kappa shape index (κ1) is 17.9. The molecule has 0 radical (unpaired) electrons. The van der Waals surface area contributed by atoms with Crippen molar-refractivity contribution < 1.29 is 21.6 Å². The lowest BCUT2D eigenvalue weighted by Gasteiger charge is -2.15. The molecule has 0 bridgehead atoms. The van der Waals surface area contributed by atoms with Crippen LogP contribution in [-0.2, 0) is 16.6 Å². The van der Waals surface area contributed by atoms with Gasteiger partial charge in [0, 0.05) is 18.8 Å². The van der Waals surface area contributed by atoms with Crippen molar-refractivity contribution >= 4 is 10.0 Å². The van der Waals surface area contributed by atoms with Crippen molar-refractivity contribution in [1.82, 2.24) is 14.5 Å². The van der Waals surface area contributed by atoms with Gasteiger partial charge in [-0.15, -0.1) is 0 Å². The number of hydrogen-bond donors (Lipinski definition) is 2. The van der Waals surface area contributed by atoms with E-state index in [1.165, 1.54) is 0 Å². The molecule has 1 rings (SSSR count). The highest BCUT2D eigenvalue weighted by Gasteiger charge is 2.29. The van der Waals surface area contributed by atoms with Crippen LogP contribution in [0.4, 0.5) is 13.2 Å². The predicted molar refractivity (Wildman–Crippen MR) is 71.0 cm³/mol. The molecule has 1 atom stereocenters. The Balaban J connectivity index is 2.78. The molecule has 1 unspecified atom stereocenters. The number of halogens is 3. The van der Waals surface area contributed by atoms with Crippen molar-refractivity contribution in [1.29, 1.82) is 0 Å². The molecule has 1 aromatic rings. The number of nitrogens with two attached hydrogens (primary N) is 1. The van der Waals surface area contributed by atoms with E-state index in [4.69, 9.17) is 5.73 Å². The standard InChI is InChI=1S/C11H19F3N4O2S/c1-2-3-4-9(5-15)17-21(19,20)10-6-16-18(7-10)8-11(12,13)14/h6-7,9,17H,2-5,8,15H2,1H3. The maximum Gasteiger partial charge on any atom is 0.408 e. The van der Waals surface area contributed by atoms with Crippen molar-refractivity contribution in [3.8, 4) is 0 Å². The zero-order valence-electron chi connectivity index (χ0n) is 11.6. The molecule has 0 aliphatic heterocycles. The second kappa shape index (κ2) is 7.23. The van der Waals surface area contributed by atoms with Crippen LogP contribution in [0.25, 0.3) is 0 Å². The van der Waals surface area contributed by atoms with E-state index in [-0.39, 0.29) is 11.4 Å². The molecule has 0 aromatic carbocycles. The van der Waals surface area contributed by atoms with Gasteiger partial charge in [-0.05, 0) is 6.42 Å². The molecule has 122 valence electrons. The van der Waals surface area contributed by atoms with Crippen molar-refractivity contribution in [3.05, 3.63) is 12.4 Å². The van der Waals surface area contributed by atoms with E-state index in [0.29, 0.717) is 11.1 Å². The number of aromatic nitrogens is 2. The average molecular weight is 328 g/mol. The van der Waals surface area contributed by atoms with Crippen LogP contribution in [0.2, 0.25) is 0 Å². The molecule has 0 aliphatic carbocycles. The second-order valence-electron chi connectivity index (χ2n) is 4.68. The van der Waals surface area contributed by atoms with Crippen LogP contribution < -0.4 is 10.5 Å². The van der Waals surface area contributed by atoms with Gasteiger partial charge in [0.05, 0.1) is 6.20 Å². The fourth-order valence-corrected chi connectivity index (χ4v) is 2.95. The molecule has 10 heteroatoms. The number of hydrogen-bond acceptors (Lipinski definition) is 4. The fraction of sp³-hybridized carbons (Fsp3) is 0.727. The summed E-state index contributed by atoms with van der Waals surface area (Å²) in [6, 6.07) is -0.444. The van der Waals surface area contributed by atoms with Gasteiger partial charge in [0.2, 0.25) is 10.0 Å². The lowest BCUT2D eigenvalue weighted by atomic mass is 10.1. The van der Waals surface area contributed by atoms with E-state index in [0.717, 1.165) is 25.2 Å². The Morgan fingerprint density at radius 3 is 2.67 bits per heavy atom. The molecule has 6 nitrogen and oxygen atoms in total. The van der Waals surface area contributed by atoms with Gasteiger partial charge in [0.15, 0.2) is 0 Å². The van der Waals surface area contributed by atoms with Gasteiger partial charge in [0.25, 0.3) is 0 Å². The fourth-order valence-electron chi connectivity index (χ4n) is 1.72. The summed E-state index contributed by atoms with van der Waals surface area (Å²) in [7, 11) is -3.92. The quantitative estimate of drug-likeness (QED) is 0.751. The highest BCUT2D eigenvalue weighted by atomic mass is 32.2. The Morgan fingerprint density at radius 1 is 1.48 bits per heavy atom. The van der Waals surface area contributed by atoms with Crippen molar-refractivity contribution in [2.75, 3.05) is 6.54 Å². The molecule has 1 heterocycles. The third-order valence-electron chi connectivity index (χ3n) is 2.77. The van der Waals surface area contributed by atoms with Crippen LogP contribution >= 0.6 is 0 Å². The Hall–Kier alpha value is -1.13. The van der Waals surface area contributed by atoms with E-state index in [2.05, 4.69) is 9.82 Å².